The largest absolute Gasteiger partial charge is 0.507 e. The number of rotatable bonds is 2. The van der Waals surface area contributed by atoms with Crippen LogP contribution >= 0.6 is 0 Å². The van der Waals surface area contributed by atoms with Crippen molar-refractivity contribution in [1.29, 1.82) is 0 Å². The second-order valence-corrected chi connectivity index (χ2v) is 2.69. The fraction of sp³-hybridized carbons (Fsp3) is 0.300. The predicted octanol–water partition coefficient (Wildman–Crippen LogP) is 2.47. The van der Waals surface area contributed by atoms with Crippen LogP contribution in [-0.4, -0.2) is 5.11 Å². The lowest BCUT2D eigenvalue weighted by atomic mass is 10.1. The van der Waals surface area contributed by atoms with Crippen LogP contribution in [0.1, 0.15) is 17.5 Å². The van der Waals surface area contributed by atoms with Crippen LogP contribution in [0.3, 0.4) is 0 Å². The van der Waals surface area contributed by atoms with Crippen LogP contribution < -0.4 is 0 Å². The maximum Gasteiger partial charge on any atom is 0.121 e. The summed E-state index contributed by atoms with van der Waals surface area (Å²) in [6.45, 7) is 5.65. The van der Waals surface area contributed by atoms with Gasteiger partial charge in [0, 0.05) is 0 Å². The molecule has 1 aromatic rings. The van der Waals surface area contributed by atoms with Gasteiger partial charge in [0.1, 0.15) is 5.75 Å². The van der Waals surface area contributed by atoms with Crippen molar-refractivity contribution in [3.63, 3.8) is 0 Å². The van der Waals surface area contributed by atoms with E-state index >= 15 is 0 Å². The van der Waals surface area contributed by atoms with E-state index in [-0.39, 0.29) is 0 Å². The number of para-hydroxylation sites is 1. The van der Waals surface area contributed by atoms with Crippen LogP contribution in [0.2, 0.25) is 0 Å². The molecule has 11 heavy (non-hydrogen) atoms. The first kappa shape index (κ1) is 8.12. The number of aryl methyl sites for hydroxylation is 2. The quantitative estimate of drug-likeness (QED) is 0.684. The molecule has 0 saturated carbocycles. The first-order chi connectivity index (χ1) is 5.25. The number of aromatic hydroxyl groups is 1. The van der Waals surface area contributed by atoms with E-state index < -0.39 is 0 Å². The highest BCUT2D eigenvalue weighted by atomic mass is 16.3. The minimum atomic E-state index is 0.427. The normalized spacial score (nSPS) is 10.0. The standard InChI is InChI=1S/C10H13O/c1-3-5-9-7-4-6-8(2)10(9)11/h4,6-7,11H,1,3,5H2,2H3. The summed E-state index contributed by atoms with van der Waals surface area (Å²) < 4.78 is 0. The monoisotopic (exact) mass is 149 g/mol. The van der Waals surface area contributed by atoms with Crippen molar-refractivity contribution < 1.29 is 5.11 Å². The molecule has 1 heteroatoms. The van der Waals surface area contributed by atoms with Crippen LogP contribution in [-0.2, 0) is 6.42 Å². The van der Waals surface area contributed by atoms with Crippen molar-refractivity contribution in [3.05, 3.63) is 36.2 Å². The SMILES string of the molecule is [CH2]CCc1cccc(C)c1O. The van der Waals surface area contributed by atoms with Crippen molar-refractivity contribution in [2.75, 3.05) is 0 Å². The number of hydrogen-bond donors (Lipinski definition) is 1. The van der Waals surface area contributed by atoms with Gasteiger partial charge in [0.25, 0.3) is 0 Å². The smallest absolute Gasteiger partial charge is 0.121 e. The zero-order valence-corrected chi connectivity index (χ0v) is 6.80. The lowest BCUT2D eigenvalue weighted by Crippen LogP contribution is -1.85. The Morgan fingerprint density at radius 2 is 2.18 bits per heavy atom. The second-order valence-electron chi connectivity index (χ2n) is 2.69. The van der Waals surface area contributed by atoms with Gasteiger partial charge >= 0.3 is 0 Å². The van der Waals surface area contributed by atoms with Crippen molar-refractivity contribution >= 4 is 0 Å². The molecule has 0 spiro atoms. The molecule has 59 valence electrons. The minimum absolute atomic E-state index is 0.427. The summed E-state index contributed by atoms with van der Waals surface area (Å²) in [4.78, 5) is 0. The van der Waals surface area contributed by atoms with Gasteiger partial charge in [0.15, 0.2) is 0 Å². The first-order valence-electron chi connectivity index (χ1n) is 3.82. The second kappa shape index (κ2) is 3.42. The molecular formula is C10H13O. The van der Waals surface area contributed by atoms with E-state index in [4.69, 9.17) is 0 Å². The number of benzene rings is 1. The Kier molecular flexibility index (Phi) is 2.53. The topological polar surface area (TPSA) is 20.2 Å². The van der Waals surface area contributed by atoms with Gasteiger partial charge in [-0.25, -0.2) is 0 Å². The van der Waals surface area contributed by atoms with E-state index in [0.29, 0.717) is 5.75 Å². The van der Waals surface area contributed by atoms with Crippen LogP contribution in [0.25, 0.3) is 0 Å². The van der Waals surface area contributed by atoms with E-state index in [1.54, 1.807) is 0 Å². The minimum Gasteiger partial charge on any atom is -0.507 e. The average Bonchev–Trinajstić information content (AvgIpc) is 1.99. The molecule has 1 aromatic carbocycles. The molecule has 0 heterocycles. The summed E-state index contributed by atoms with van der Waals surface area (Å²) in [6.07, 6.45) is 1.69. The molecule has 0 amide bonds. The molecule has 1 nitrogen and oxygen atoms in total. The maximum absolute atomic E-state index is 9.50. The molecule has 0 aromatic heterocycles. The zero-order valence-electron chi connectivity index (χ0n) is 6.80. The lowest BCUT2D eigenvalue weighted by molar-refractivity contribution is 0.464. The Morgan fingerprint density at radius 3 is 2.82 bits per heavy atom. The van der Waals surface area contributed by atoms with E-state index in [2.05, 4.69) is 6.92 Å². The third-order valence-electron chi connectivity index (χ3n) is 1.77. The fourth-order valence-corrected chi connectivity index (χ4v) is 1.11. The van der Waals surface area contributed by atoms with Crippen LogP contribution in [0, 0.1) is 13.8 Å². The van der Waals surface area contributed by atoms with Crippen LogP contribution in [0.5, 0.6) is 5.75 Å². The molecule has 1 radical (unpaired) electrons. The summed E-state index contributed by atoms with van der Waals surface area (Å²) in [6, 6.07) is 5.80. The van der Waals surface area contributed by atoms with Crippen LogP contribution in [0.4, 0.5) is 0 Å². The number of phenols is 1. The Balaban J connectivity index is 2.96. The molecule has 0 fully saturated rings. The van der Waals surface area contributed by atoms with Gasteiger partial charge in [-0.1, -0.05) is 25.1 Å². The highest BCUT2D eigenvalue weighted by molar-refractivity contribution is 5.39. The van der Waals surface area contributed by atoms with Gasteiger partial charge in [-0.05, 0) is 30.9 Å². The van der Waals surface area contributed by atoms with Gasteiger partial charge in [-0.2, -0.15) is 0 Å². The summed E-state index contributed by atoms with van der Waals surface area (Å²) in [5.41, 5.74) is 1.94. The number of hydrogen-bond acceptors (Lipinski definition) is 1. The lowest BCUT2D eigenvalue weighted by Gasteiger charge is -2.04. The summed E-state index contributed by atoms with van der Waals surface area (Å²) in [5.74, 6) is 0.427. The highest BCUT2D eigenvalue weighted by Crippen LogP contribution is 2.22. The molecule has 0 aliphatic carbocycles. The number of phenolic OH excluding ortho intramolecular Hbond substituents is 1. The predicted molar refractivity (Wildman–Crippen MR) is 46.5 cm³/mol. The van der Waals surface area contributed by atoms with E-state index in [9.17, 15) is 5.11 Å². The molecule has 0 unspecified atom stereocenters. The summed E-state index contributed by atoms with van der Waals surface area (Å²) >= 11 is 0. The van der Waals surface area contributed by atoms with Gasteiger partial charge in [0.05, 0.1) is 0 Å². The highest BCUT2D eigenvalue weighted by Gasteiger charge is 2.00. The van der Waals surface area contributed by atoms with Crippen molar-refractivity contribution in [3.8, 4) is 5.75 Å². The van der Waals surface area contributed by atoms with Gasteiger partial charge in [-0.15, -0.1) is 0 Å². The fourth-order valence-electron chi connectivity index (χ4n) is 1.11. The van der Waals surface area contributed by atoms with Gasteiger partial charge in [0.2, 0.25) is 0 Å². The van der Waals surface area contributed by atoms with Crippen molar-refractivity contribution in [2.45, 2.75) is 19.8 Å². The Morgan fingerprint density at radius 1 is 1.45 bits per heavy atom. The molecular weight excluding hydrogens is 136 g/mol. The van der Waals surface area contributed by atoms with Crippen molar-refractivity contribution in [2.24, 2.45) is 0 Å². The van der Waals surface area contributed by atoms with Crippen molar-refractivity contribution in [1.82, 2.24) is 0 Å². The van der Waals surface area contributed by atoms with E-state index in [1.807, 2.05) is 25.1 Å². The summed E-state index contributed by atoms with van der Waals surface area (Å²) in [7, 11) is 0. The summed E-state index contributed by atoms with van der Waals surface area (Å²) in [5, 5.41) is 9.50. The maximum atomic E-state index is 9.50. The molecule has 0 bridgehead atoms. The molecule has 0 saturated heterocycles. The Labute approximate surface area is 67.7 Å². The van der Waals surface area contributed by atoms with Crippen LogP contribution in [0.15, 0.2) is 18.2 Å². The zero-order chi connectivity index (χ0) is 8.27. The molecule has 0 atom stereocenters. The third kappa shape index (κ3) is 1.73. The Hall–Kier alpha value is -0.980. The van der Waals surface area contributed by atoms with Gasteiger partial charge < -0.3 is 5.11 Å². The molecule has 1 rings (SSSR count). The average molecular weight is 149 g/mol. The van der Waals surface area contributed by atoms with E-state index in [1.165, 1.54) is 0 Å². The Bertz CT molecular complexity index is 241. The van der Waals surface area contributed by atoms with Gasteiger partial charge in [-0.3, -0.25) is 0 Å². The third-order valence-corrected chi connectivity index (χ3v) is 1.77. The van der Waals surface area contributed by atoms with E-state index in [0.717, 1.165) is 24.0 Å². The first-order valence-corrected chi connectivity index (χ1v) is 3.82. The molecule has 0 aliphatic rings. The molecule has 1 N–H and O–H groups in total. The molecule has 0 aliphatic heterocycles.